The Labute approximate surface area is 166 Å². The van der Waals surface area contributed by atoms with Crippen LogP contribution in [0.5, 0.6) is 0 Å². The Morgan fingerprint density at radius 2 is 1.71 bits per heavy atom. The highest BCUT2D eigenvalue weighted by molar-refractivity contribution is 5.83. The number of tetrazole rings is 1. The predicted octanol–water partition coefficient (Wildman–Crippen LogP) is 1.22. The van der Waals surface area contributed by atoms with E-state index in [0.717, 1.165) is 62.4 Å². The van der Waals surface area contributed by atoms with Gasteiger partial charge >= 0.3 is 0 Å². The number of hydrogen-bond acceptors (Lipinski definition) is 6. The minimum atomic E-state index is -0.250. The van der Waals surface area contributed by atoms with Crippen LogP contribution in [0, 0.1) is 11.8 Å². The lowest BCUT2D eigenvalue weighted by Crippen LogP contribution is -2.40. The molecule has 28 heavy (non-hydrogen) atoms. The maximum atomic E-state index is 13.2. The second-order valence-electron chi connectivity index (χ2n) is 8.60. The summed E-state index contributed by atoms with van der Waals surface area (Å²) in [7, 11) is 6.38. The van der Waals surface area contributed by atoms with Crippen LogP contribution in [0.25, 0.3) is 0 Å². The summed E-state index contributed by atoms with van der Waals surface area (Å²) in [5.74, 6) is 2.38. The van der Waals surface area contributed by atoms with Crippen LogP contribution in [-0.2, 0) is 16.1 Å². The van der Waals surface area contributed by atoms with E-state index in [1.165, 1.54) is 12.8 Å². The monoisotopic (exact) mass is 392 g/mol. The average molecular weight is 393 g/mol. The molecule has 1 amide bonds. The van der Waals surface area contributed by atoms with Crippen molar-refractivity contribution in [1.82, 2.24) is 30.0 Å². The summed E-state index contributed by atoms with van der Waals surface area (Å²) in [5, 5.41) is 18.9. The summed E-state index contributed by atoms with van der Waals surface area (Å²) < 4.78 is 1.83. The van der Waals surface area contributed by atoms with Gasteiger partial charge in [-0.3, -0.25) is 9.59 Å². The predicted molar refractivity (Wildman–Crippen MR) is 103 cm³/mol. The Bertz CT molecular complexity index is 664. The topological polar surface area (TPSA) is 104 Å². The largest absolute Gasteiger partial charge is 0.483 e. The van der Waals surface area contributed by atoms with Crippen LogP contribution < -0.4 is 0 Å². The molecule has 156 valence electrons. The van der Waals surface area contributed by atoms with E-state index in [0.29, 0.717) is 6.04 Å². The van der Waals surface area contributed by atoms with Crippen LogP contribution in [0.15, 0.2) is 0 Å². The number of amides is 1. The molecule has 2 saturated carbocycles. The van der Waals surface area contributed by atoms with Crippen LogP contribution in [0.4, 0.5) is 0 Å². The zero-order chi connectivity index (χ0) is 20.3. The summed E-state index contributed by atoms with van der Waals surface area (Å²) in [6.07, 6.45) is 7.87. The van der Waals surface area contributed by atoms with E-state index >= 15 is 0 Å². The van der Waals surface area contributed by atoms with E-state index in [4.69, 9.17) is 9.90 Å². The number of aryl methyl sites for hydroxylation is 1. The van der Waals surface area contributed by atoms with Gasteiger partial charge in [0.1, 0.15) is 0 Å². The van der Waals surface area contributed by atoms with E-state index in [-0.39, 0.29) is 18.3 Å². The first-order valence-corrected chi connectivity index (χ1v) is 10.2. The van der Waals surface area contributed by atoms with Gasteiger partial charge in [-0.15, -0.1) is 5.10 Å². The number of carbonyl (C=O) groups excluding carboxylic acids is 1. The molecule has 0 aromatic carbocycles. The van der Waals surface area contributed by atoms with Crippen LogP contribution in [0.1, 0.15) is 56.7 Å². The molecule has 1 aliphatic heterocycles. The third-order valence-corrected chi connectivity index (χ3v) is 6.87. The number of carboxylic acid groups (broad SMARTS) is 1. The molecule has 2 aliphatic carbocycles. The highest BCUT2D eigenvalue weighted by atomic mass is 16.3. The molecular formula is C19H32N6O3. The van der Waals surface area contributed by atoms with Gasteiger partial charge in [-0.25, -0.2) is 4.68 Å². The van der Waals surface area contributed by atoms with E-state index in [1.807, 2.05) is 16.6 Å². The maximum Gasteiger partial charge on any atom is 0.290 e. The molecule has 2 fully saturated rings. The van der Waals surface area contributed by atoms with Crippen molar-refractivity contribution in [3.8, 4) is 0 Å². The van der Waals surface area contributed by atoms with Crippen molar-refractivity contribution >= 4 is 12.4 Å². The van der Waals surface area contributed by atoms with Gasteiger partial charge < -0.3 is 14.9 Å². The molecule has 0 saturated heterocycles. The molecule has 1 aromatic heterocycles. The summed E-state index contributed by atoms with van der Waals surface area (Å²) in [6.45, 7) is 0.579. The molecule has 4 rings (SSSR count). The summed E-state index contributed by atoms with van der Waals surface area (Å²) >= 11 is 0. The van der Waals surface area contributed by atoms with Gasteiger partial charge in [0.05, 0.1) is 5.92 Å². The smallest absolute Gasteiger partial charge is 0.290 e. The Kier molecular flexibility index (Phi) is 6.64. The van der Waals surface area contributed by atoms with Gasteiger partial charge in [-0.1, -0.05) is 6.42 Å². The lowest BCUT2D eigenvalue weighted by Gasteiger charge is -2.29. The quantitative estimate of drug-likeness (QED) is 0.771. The van der Waals surface area contributed by atoms with E-state index in [1.54, 1.807) is 0 Å². The van der Waals surface area contributed by atoms with Crippen molar-refractivity contribution in [1.29, 1.82) is 0 Å². The second-order valence-corrected chi connectivity index (χ2v) is 8.60. The zero-order valence-corrected chi connectivity index (χ0v) is 17.1. The first kappa shape index (κ1) is 20.7. The first-order chi connectivity index (χ1) is 13.5. The van der Waals surface area contributed by atoms with E-state index in [2.05, 4.69) is 34.5 Å². The fourth-order valence-corrected chi connectivity index (χ4v) is 5.31. The molecule has 1 aromatic rings. The van der Waals surface area contributed by atoms with E-state index < -0.39 is 0 Å². The van der Waals surface area contributed by atoms with Gasteiger partial charge in [-0.2, -0.15) is 0 Å². The van der Waals surface area contributed by atoms with Gasteiger partial charge in [0, 0.05) is 25.7 Å². The molecule has 2 heterocycles. The number of rotatable bonds is 3. The number of aromatic nitrogens is 4. The third-order valence-electron chi connectivity index (χ3n) is 6.87. The van der Waals surface area contributed by atoms with E-state index in [9.17, 15) is 4.79 Å². The molecule has 9 heteroatoms. The number of likely N-dealkylation sites (N-methyl/N-ethyl adjacent to an activating group) is 1. The molecule has 0 bridgehead atoms. The highest BCUT2D eigenvalue weighted by Crippen LogP contribution is 2.47. The number of carbonyl (C=O) groups is 2. The summed E-state index contributed by atoms with van der Waals surface area (Å²) in [4.78, 5) is 26.0. The lowest BCUT2D eigenvalue weighted by atomic mass is 9.99. The first-order valence-electron chi connectivity index (χ1n) is 10.2. The minimum Gasteiger partial charge on any atom is -0.483 e. The van der Waals surface area contributed by atoms with Crippen molar-refractivity contribution in [2.45, 2.75) is 69.5 Å². The summed E-state index contributed by atoms with van der Waals surface area (Å²) in [6, 6.07) is 1.11. The number of fused-ring (bicyclic) bond motifs is 2. The summed E-state index contributed by atoms with van der Waals surface area (Å²) in [5.41, 5.74) is 0. The fraction of sp³-hybridized carbons (Fsp3) is 0.842. The molecule has 9 nitrogen and oxygen atoms in total. The van der Waals surface area contributed by atoms with Crippen LogP contribution in [-0.4, -0.2) is 80.7 Å². The van der Waals surface area contributed by atoms with Crippen molar-refractivity contribution in [2.24, 2.45) is 11.8 Å². The molecule has 0 spiro atoms. The normalized spacial score (nSPS) is 31.4. The average Bonchev–Trinajstić information content (AvgIpc) is 3.33. The van der Waals surface area contributed by atoms with Gasteiger partial charge in [-0.05, 0) is 74.9 Å². The van der Waals surface area contributed by atoms with Crippen molar-refractivity contribution in [3.05, 3.63) is 5.82 Å². The third kappa shape index (κ3) is 4.19. The molecule has 3 aliphatic rings. The van der Waals surface area contributed by atoms with Crippen LogP contribution in [0.2, 0.25) is 0 Å². The van der Waals surface area contributed by atoms with Crippen molar-refractivity contribution in [2.75, 3.05) is 21.1 Å². The number of nitrogens with zero attached hydrogens (tertiary/aromatic N) is 6. The standard InChI is InChI=1S/C18H30N6O.CH2O2/c1-22(2)14-8-12-10-15(11-13(12)9-14)23(3)18(25)16-6-4-5-7-24-17(16)19-20-21-24;2-1-3/h12-16H,4-11H2,1-3H3;1H,(H,2,3)/t12-,13+,14?,15?,16?;. The Hall–Kier alpha value is -2.03. The van der Waals surface area contributed by atoms with Crippen LogP contribution in [0.3, 0.4) is 0 Å². The molecular weight excluding hydrogens is 360 g/mol. The van der Waals surface area contributed by atoms with Gasteiger partial charge in [0.2, 0.25) is 5.91 Å². The Balaban J connectivity index is 0.000000706. The maximum absolute atomic E-state index is 13.2. The van der Waals surface area contributed by atoms with Crippen molar-refractivity contribution < 1.29 is 14.7 Å². The van der Waals surface area contributed by atoms with Gasteiger partial charge in [0.15, 0.2) is 5.82 Å². The number of hydrogen-bond donors (Lipinski definition) is 1. The SMILES string of the molecule is CN(C)C1C[C@@H]2CC(N(C)C(=O)C3CCCCn4nnnc43)C[C@@H]2C1.O=CO. The Morgan fingerprint density at radius 3 is 2.32 bits per heavy atom. The van der Waals surface area contributed by atoms with Crippen molar-refractivity contribution in [3.63, 3.8) is 0 Å². The molecule has 3 unspecified atom stereocenters. The van der Waals surface area contributed by atoms with Gasteiger partial charge in [0.25, 0.3) is 6.47 Å². The molecule has 1 N–H and O–H groups in total. The fourth-order valence-electron chi connectivity index (χ4n) is 5.31. The zero-order valence-electron chi connectivity index (χ0n) is 17.1. The minimum absolute atomic E-state index is 0.169. The lowest BCUT2D eigenvalue weighted by molar-refractivity contribution is -0.134. The molecule has 0 radical (unpaired) electrons. The highest BCUT2D eigenvalue weighted by Gasteiger charge is 2.45. The molecule has 5 atom stereocenters. The second kappa shape index (κ2) is 8.98. The Morgan fingerprint density at radius 1 is 1.11 bits per heavy atom. The van der Waals surface area contributed by atoms with Crippen LogP contribution >= 0.6 is 0 Å².